The number of rotatable bonds is 3. The van der Waals surface area contributed by atoms with Gasteiger partial charge >= 0.3 is 0 Å². The van der Waals surface area contributed by atoms with Crippen LogP contribution in [-0.2, 0) is 0 Å². The van der Waals surface area contributed by atoms with Crippen LogP contribution in [0.4, 0.5) is 5.82 Å². The van der Waals surface area contributed by atoms with Crippen LogP contribution in [0.25, 0.3) is 0 Å². The summed E-state index contributed by atoms with van der Waals surface area (Å²) in [6.07, 6.45) is 4.43. The van der Waals surface area contributed by atoms with Gasteiger partial charge in [-0.2, -0.15) is 0 Å². The molecule has 0 radical (unpaired) electrons. The molecule has 94 valence electrons. The van der Waals surface area contributed by atoms with Gasteiger partial charge in [-0.15, -0.1) is 0 Å². The van der Waals surface area contributed by atoms with Crippen molar-refractivity contribution in [2.75, 3.05) is 24.5 Å². The van der Waals surface area contributed by atoms with Gasteiger partial charge < -0.3 is 10.2 Å². The molecule has 0 amide bonds. The van der Waals surface area contributed by atoms with Crippen molar-refractivity contribution in [3.05, 3.63) is 22.3 Å². The lowest BCUT2D eigenvalue weighted by molar-refractivity contribution is 0.433. The first-order chi connectivity index (χ1) is 8.22. The van der Waals surface area contributed by atoms with Crippen molar-refractivity contribution in [1.82, 2.24) is 10.3 Å². The summed E-state index contributed by atoms with van der Waals surface area (Å²) in [7, 11) is 0. The number of pyridine rings is 1. The first-order valence-corrected chi connectivity index (χ1v) is 7.11. The highest BCUT2D eigenvalue weighted by Gasteiger charge is 2.20. The van der Waals surface area contributed by atoms with Crippen molar-refractivity contribution in [3.63, 3.8) is 0 Å². The van der Waals surface area contributed by atoms with Crippen LogP contribution in [0.1, 0.15) is 25.3 Å². The highest BCUT2D eigenvalue weighted by atomic mass is 79.9. The summed E-state index contributed by atoms with van der Waals surface area (Å²) in [5.74, 6) is 1.10. The molecule has 4 heteroatoms. The number of piperidine rings is 1. The van der Waals surface area contributed by atoms with Gasteiger partial charge in [0.1, 0.15) is 5.82 Å². The molecule has 0 bridgehead atoms. The van der Waals surface area contributed by atoms with Gasteiger partial charge in [0.05, 0.1) is 0 Å². The summed E-state index contributed by atoms with van der Waals surface area (Å²) >= 11 is 3.50. The fourth-order valence-corrected chi connectivity index (χ4v) is 2.61. The summed E-state index contributed by atoms with van der Waals surface area (Å²) in [6, 6.07) is 2.75. The summed E-state index contributed by atoms with van der Waals surface area (Å²) in [4.78, 5) is 6.95. The Labute approximate surface area is 112 Å². The van der Waals surface area contributed by atoms with Crippen LogP contribution < -0.4 is 10.2 Å². The number of aryl methyl sites for hydroxylation is 1. The first kappa shape index (κ1) is 12.8. The third-order valence-corrected chi connectivity index (χ3v) is 4.21. The average molecular weight is 298 g/mol. The topological polar surface area (TPSA) is 28.2 Å². The first-order valence-electron chi connectivity index (χ1n) is 6.32. The maximum atomic E-state index is 4.54. The quantitative estimate of drug-likeness (QED) is 0.930. The van der Waals surface area contributed by atoms with Gasteiger partial charge in [0.25, 0.3) is 0 Å². The van der Waals surface area contributed by atoms with Crippen LogP contribution in [-0.4, -0.2) is 30.7 Å². The number of aromatic nitrogens is 1. The monoisotopic (exact) mass is 297 g/mol. The number of hydrogen-bond acceptors (Lipinski definition) is 3. The van der Waals surface area contributed by atoms with E-state index in [0.29, 0.717) is 6.04 Å². The normalized spacial score (nSPS) is 20.3. The second-order valence-corrected chi connectivity index (χ2v) is 5.43. The third-order valence-electron chi connectivity index (χ3n) is 3.38. The zero-order valence-corrected chi connectivity index (χ0v) is 12.1. The van der Waals surface area contributed by atoms with Crippen molar-refractivity contribution in [1.29, 1.82) is 0 Å². The molecule has 1 unspecified atom stereocenters. The Morgan fingerprint density at radius 1 is 1.59 bits per heavy atom. The van der Waals surface area contributed by atoms with E-state index in [0.717, 1.165) is 29.9 Å². The van der Waals surface area contributed by atoms with Gasteiger partial charge in [-0.05, 0) is 60.8 Å². The molecule has 0 spiro atoms. The van der Waals surface area contributed by atoms with Crippen LogP contribution >= 0.6 is 15.9 Å². The van der Waals surface area contributed by atoms with Crippen molar-refractivity contribution in [2.24, 2.45) is 0 Å². The summed E-state index contributed by atoms with van der Waals surface area (Å²) in [5, 5.41) is 3.47. The molecule has 1 saturated heterocycles. The lowest BCUT2D eigenvalue weighted by Crippen LogP contribution is -2.46. The van der Waals surface area contributed by atoms with E-state index in [-0.39, 0.29) is 0 Å². The average Bonchev–Trinajstić information content (AvgIpc) is 2.36. The Kier molecular flexibility index (Phi) is 4.40. The van der Waals surface area contributed by atoms with Gasteiger partial charge in [0, 0.05) is 29.8 Å². The molecule has 1 aliphatic heterocycles. The minimum absolute atomic E-state index is 0.585. The van der Waals surface area contributed by atoms with Gasteiger partial charge in [-0.25, -0.2) is 4.98 Å². The number of nitrogens with one attached hydrogen (secondary N) is 1. The predicted octanol–water partition coefficient (Wildman–Crippen LogP) is 2.73. The Morgan fingerprint density at radius 2 is 2.41 bits per heavy atom. The van der Waals surface area contributed by atoms with Gasteiger partial charge in [-0.3, -0.25) is 0 Å². The molecule has 3 nitrogen and oxygen atoms in total. The summed E-state index contributed by atoms with van der Waals surface area (Å²) in [5.41, 5.74) is 1.25. The van der Waals surface area contributed by atoms with E-state index in [4.69, 9.17) is 0 Å². The van der Waals surface area contributed by atoms with E-state index in [9.17, 15) is 0 Å². The Balaban J connectivity index is 2.18. The van der Waals surface area contributed by atoms with Crippen LogP contribution in [0.2, 0.25) is 0 Å². The van der Waals surface area contributed by atoms with Gasteiger partial charge in [0.15, 0.2) is 0 Å². The number of nitrogens with zero attached hydrogens (tertiary/aromatic N) is 2. The fraction of sp³-hybridized carbons (Fsp3) is 0.615. The van der Waals surface area contributed by atoms with Crippen molar-refractivity contribution >= 4 is 21.7 Å². The lowest BCUT2D eigenvalue weighted by Gasteiger charge is -2.35. The van der Waals surface area contributed by atoms with E-state index < -0.39 is 0 Å². The molecule has 0 saturated carbocycles. The number of likely N-dealkylation sites (N-methyl/N-ethyl adjacent to an activating group) is 1. The minimum atomic E-state index is 0.585. The zero-order valence-electron chi connectivity index (χ0n) is 10.5. The highest BCUT2D eigenvalue weighted by Crippen LogP contribution is 2.23. The number of hydrogen-bond donors (Lipinski definition) is 1. The van der Waals surface area contributed by atoms with Crippen LogP contribution in [0.5, 0.6) is 0 Å². The Hall–Kier alpha value is -0.610. The molecule has 0 aliphatic carbocycles. The predicted molar refractivity (Wildman–Crippen MR) is 75.6 cm³/mol. The van der Waals surface area contributed by atoms with Gasteiger partial charge in [-0.1, -0.05) is 0 Å². The molecule has 1 aromatic heterocycles. The van der Waals surface area contributed by atoms with Crippen LogP contribution in [0.15, 0.2) is 16.7 Å². The Morgan fingerprint density at radius 3 is 3.00 bits per heavy atom. The molecule has 17 heavy (non-hydrogen) atoms. The lowest BCUT2D eigenvalue weighted by atomic mass is 10.1. The van der Waals surface area contributed by atoms with Crippen molar-refractivity contribution in [3.8, 4) is 0 Å². The molecule has 2 rings (SSSR count). The van der Waals surface area contributed by atoms with Gasteiger partial charge in [0.2, 0.25) is 0 Å². The summed E-state index contributed by atoms with van der Waals surface area (Å²) in [6.45, 7) is 7.56. The Bertz CT molecular complexity index is 375. The fourth-order valence-electron chi connectivity index (χ4n) is 2.39. The van der Waals surface area contributed by atoms with Crippen LogP contribution in [0, 0.1) is 6.92 Å². The standard InChI is InChI=1S/C13H20BrN3/c1-3-17(11-5-4-6-15-8-11)13-7-10(2)12(14)9-16-13/h7,9,11,15H,3-6,8H2,1-2H3. The molecular weight excluding hydrogens is 278 g/mol. The maximum absolute atomic E-state index is 4.54. The smallest absolute Gasteiger partial charge is 0.129 e. The van der Waals surface area contributed by atoms with E-state index in [2.05, 4.69) is 51.0 Å². The van der Waals surface area contributed by atoms with E-state index in [1.165, 1.54) is 18.4 Å². The maximum Gasteiger partial charge on any atom is 0.129 e. The largest absolute Gasteiger partial charge is 0.353 e. The van der Waals surface area contributed by atoms with Crippen molar-refractivity contribution < 1.29 is 0 Å². The minimum Gasteiger partial charge on any atom is -0.353 e. The van der Waals surface area contributed by atoms with E-state index >= 15 is 0 Å². The molecular formula is C13H20BrN3. The highest BCUT2D eigenvalue weighted by molar-refractivity contribution is 9.10. The second kappa shape index (κ2) is 5.83. The SMILES string of the molecule is CCN(c1cc(C)c(Br)cn1)C1CCCNC1. The molecule has 1 aromatic rings. The molecule has 1 fully saturated rings. The number of anilines is 1. The molecule has 2 heterocycles. The molecule has 1 atom stereocenters. The zero-order chi connectivity index (χ0) is 12.3. The van der Waals surface area contributed by atoms with Crippen molar-refractivity contribution in [2.45, 2.75) is 32.7 Å². The molecule has 1 N–H and O–H groups in total. The van der Waals surface area contributed by atoms with E-state index in [1.807, 2.05) is 6.20 Å². The van der Waals surface area contributed by atoms with E-state index in [1.54, 1.807) is 0 Å². The summed E-state index contributed by atoms with van der Waals surface area (Å²) < 4.78 is 1.08. The molecule has 1 aliphatic rings. The second-order valence-electron chi connectivity index (χ2n) is 4.58. The third kappa shape index (κ3) is 2.99. The van der Waals surface area contributed by atoms with Crippen LogP contribution in [0.3, 0.4) is 0 Å². The molecule has 0 aromatic carbocycles. The number of halogens is 1.